The number of aromatic nitrogens is 2. The molecule has 1 aliphatic heterocycles. The van der Waals surface area contributed by atoms with Crippen molar-refractivity contribution in [1.29, 1.82) is 0 Å². The topological polar surface area (TPSA) is 87.8 Å². The summed E-state index contributed by atoms with van der Waals surface area (Å²) in [7, 11) is 1.75. The van der Waals surface area contributed by atoms with Gasteiger partial charge >= 0.3 is 5.97 Å². The van der Waals surface area contributed by atoms with Gasteiger partial charge in [-0.05, 0) is 51.4 Å². The molecule has 2 N–H and O–H groups in total. The number of hydrogen-bond acceptors (Lipinski definition) is 6. The van der Waals surface area contributed by atoms with E-state index >= 15 is 0 Å². The molecule has 0 saturated carbocycles. The molecule has 1 aromatic heterocycles. The molecule has 7 nitrogen and oxygen atoms in total. The molecular formula is C22H25N3O4. The second-order valence-electron chi connectivity index (χ2n) is 7.59. The van der Waals surface area contributed by atoms with Gasteiger partial charge in [-0.2, -0.15) is 5.10 Å². The van der Waals surface area contributed by atoms with Crippen LogP contribution < -0.4 is 0 Å². The quantitative estimate of drug-likeness (QED) is 0.601. The fourth-order valence-corrected chi connectivity index (χ4v) is 4.00. The fraction of sp³-hybridized carbons (Fsp3) is 0.455. The number of likely N-dealkylation sites (tertiary alicyclic amines) is 1. The van der Waals surface area contributed by atoms with Crippen LogP contribution in [0.3, 0.4) is 0 Å². The van der Waals surface area contributed by atoms with Gasteiger partial charge in [0, 0.05) is 29.8 Å². The Bertz CT molecular complexity index is 1000. The van der Waals surface area contributed by atoms with Crippen LogP contribution in [0, 0.1) is 11.8 Å². The van der Waals surface area contributed by atoms with Gasteiger partial charge < -0.3 is 14.9 Å². The average molecular weight is 395 g/mol. The molecule has 7 heteroatoms. The lowest BCUT2D eigenvalue weighted by Crippen LogP contribution is -2.42. The van der Waals surface area contributed by atoms with E-state index in [9.17, 15) is 15.0 Å². The van der Waals surface area contributed by atoms with Crippen LogP contribution in [0.25, 0.3) is 5.69 Å². The van der Waals surface area contributed by atoms with Crippen LogP contribution in [-0.4, -0.2) is 62.9 Å². The molecule has 2 heterocycles. The molecule has 0 amide bonds. The van der Waals surface area contributed by atoms with E-state index in [0.29, 0.717) is 30.8 Å². The van der Waals surface area contributed by atoms with Crippen LogP contribution in [0.5, 0.6) is 0 Å². The van der Waals surface area contributed by atoms with Crippen molar-refractivity contribution in [3.05, 3.63) is 46.8 Å². The van der Waals surface area contributed by atoms with Crippen molar-refractivity contribution in [2.75, 3.05) is 20.2 Å². The zero-order valence-corrected chi connectivity index (χ0v) is 16.7. The van der Waals surface area contributed by atoms with Gasteiger partial charge in [-0.3, -0.25) is 4.90 Å². The van der Waals surface area contributed by atoms with E-state index in [1.165, 1.54) is 0 Å². The minimum atomic E-state index is -1.44. The minimum Gasteiger partial charge on any atom is -0.461 e. The molecule has 1 unspecified atom stereocenters. The molecule has 152 valence electrons. The number of benzene rings is 1. The molecular weight excluding hydrogens is 370 g/mol. The number of carbonyl (C=O) groups is 1. The zero-order valence-electron chi connectivity index (χ0n) is 16.7. The lowest BCUT2D eigenvalue weighted by Gasteiger charge is -2.22. The standard InChI is InChI=1S/C22H25N3O4/c1-3-29-20(26)19-17-8-5-9-18(17)25(23-19)16-7-4-6-15(14-16)10-11-22(28)12-13-24(2)21(22)27/h4,6-7,14,21,27-28H,3,5,8-9,12-13H2,1-2H3/t21?,22-/m0/s1. The molecule has 1 aliphatic carbocycles. The van der Waals surface area contributed by atoms with Gasteiger partial charge in [-0.1, -0.05) is 17.9 Å². The number of hydrogen-bond donors (Lipinski definition) is 2. The first kappa shape index (κ1) is 19.6. The maximum absolute atomic E-state index is 12.3. The van der Waals surface area contributed by atoms with E-state index in [-0.39, 0.29) is 5.97 Å². The zero-order chi connectivity index (χ0) is 20.6. The normalized spacial score (nSPS) is 23.5. The predicted molar refractivity (Wildman–Crippen MR) is 107 cm³/mol. The Balaban J connectivity index is 1.67. The van der Waals surface area contributed by atoms with Gasteiger partial charge in [-0.15, -0.1) is 0 Å². The highest BCUT2D eigenvalue weighted by Gasteiger charge is 2.42. The maximum atomic E-state index is 12.3. The second kappa shape index (κ2) is 7.64. The van der Waals surface area contributed by atoms with Gasteiger partial charge in [0.25, 0.3) is 0 Å². The van der Waals surface area contributed by atoms with E-state index in [1.54, 1.807) is 23.6 Å². The number of nitrogens with zero attached hydrogens (tertiary/aromatic N) is 3. The molecule has 0 spiro atoms. The SMILES string of the molecule is CCOC(=O)c1nn(-c2cccc(C#C[C@]3(O)CCN(C)C3O)c2)c2c1CCC2. The molecule has 1 aromatic carbocycles. The van der Waals surface area contributed by atoms with Gasteiger partial charge in [0.05, 0.1) is 12.3 Å². The molecule has 29 heavy (non-hydrogen) atoms. The van der Waals surface area contributed by atoms with Crippen LogP contribution in [0.1, 0.15) is 47.1 Å². The number of aliphatic hydroxyl groups is 2. The third-order valence-electron chi connectivity index (χ3n) is 5.60. The first-order chi connectivity index (χ1) is 13.9. The van der Waals surface area contributed by atoms with Crippen molar-refractivity contribution in [2.45, 2.75) is 44.4 Å². The van der Waals surface area contributed by atoms with Gasteiger partial charge in [-0.25, -0.2) is 9.48 Å². The number of fused-ring (bicyclic) bond motifs is 1. The van der Waals surface area contributed by atoms with E-state index in [4.69, 9.17) is 4.74 Å². The highest BCUT2D eigenvalue weighted by molar-refractivity contribution is 5.89. The van der Waals surface area contributed by atoms with Crippen molar-refractivity contribution in [3.8, 4) is 17.5 Å². The Morgan fingerprint density at radius 2 is 2.24 bits per heavy atom. The number of aliphatic hydroxyl groups excluding tert-OH is 1. The molecule has 0 radical (unpaired) electrons. The van der Waals surface area contributed by atoms with E-state index in [2.05, 4.69) is 16.9 Å². The summed E-state index contributed by atoms with van der Waals surface area (Å²) in [6, 6.07) is 7.51. The average Bonchev–Trinajstić information content (AvgIpc) is 3.39. The third kappa shape index (κ3) is 3.55. The largest absolute Gasteiger partial charge is 0.461 e. The number of likely N-dealkylation sites (N-methyl/N-ethyl adjacent to an activating group) is 1. The van der Waals surface area contributed by atoms with Crippen molar-refractivity contribution in [2.24, 2.45) is 0 Å². The van der Waals surface area contributed by atoms with Crippen LogP contribution in [0.2, 0.25) is 0 Å². The number of rotatable bonds is 3. The third-order valence-corrected chi connectivity index (χ3v) is 5.60. The molecule has 1 fully saturated rings. The van der Waals surface area contributed by atoms with Crippen LogP contribution in [-0.2, 0) is 17.6 Å². The van der Waals surface area contributed by atoms with Crippen molar-refractivity contribution < 1.29 is 19.7 Å². The molecule has 2 aromatic rings. The number of carbonyl (C=O) groups excluding carboxylic acids is 1. The monoisotopic (exact) mass is 395 g/mol. The molecule has 2 aliphatic rings. The lowest BCUT2D eigenvalue weighted by atomic mass is 10.0. The minimum absolute atomic E-state index is 0.315. The predicted octanol–water partition coefficient (Wildman–Crippen LogP) is 1.27. The van der Waals surface area contributed by atoms with E-state index in [1.807, 2.05) is 24.3 Å². The Labute approximate surface area is 169 Å². The van der Waals surface area contributed by atoms with Crippen LogP contribution in [0.4, 0.5) is 0 Å². The molecule has 2 atom stereocenters. The molecule has 4 rings (SSSR count). The summed E-state index contributed by atoms with van der Waals surface area (Å²) in [4.78, 5) is 14.0. The summed E-state index contributed by atoms with van der Waals surface area (Å²) >= 11 is 0. The first-order valence-electron chi connectivity index (χ1n) is 9.95. The summed E-state index contributed by atoms with van der Waals surface area (Å²) in [5.41, 5.74) is 2.46. The Morgan fingerprint density at radius 1 is 1.41 bits per heavy atom. The maximum Gasteiger partial charge on any atom is 0.359 e. The van der Waals surface area contributed by atoms with Gasteiger partial charge in [0.15, 0.2) is 11.3 Å². The lowest BCUT2D eigenvalue weighted by molar-refractivity contribution is -0.0633. The number of ether oxygens (including phenoxy) is 1. The Kier molecular flexibility index (Phi) is 5.17. The molecule has 0 bridgehead atoms. The van der Waals surface area contributed by atoms with Crippen LogP contribution in [0.15, 0.2) is 24.3 Å². The van der Waals surface area contributed by atoms with E-state index in [0.717, 1.165) is 36.2 Å². The summed E-state index contributed by atoms with van der Waals surface area (Å²) in [6.07, 6.45) is 2.06. The van der Waals surface area contributed by atoms with Crippen LogP contribution >= 0.6 is 0 Å². The highest BCUT2D eigenvalue weighted by atomic mass is 16.5. The highest BCUT2D eigenvalue weighted by Crippen LogP contribution is 2.29. The van der Waals surface area contributed by atoms with Crippen molar-refractivity contribution >= 4 is 5.97 Å². The molecule has 1 saturated heterocycles. The van der Waals surface area contributed by atoms with Gasteiger partial charge in [0.1, 0.15) is 6.23 Å². The summed E-state index contributed by atoms with van der Waals surface area (Å²) < 4.78 is 6.96. The summed E-state index contributed by atoms with van der Waals surface area (Å²) in [5.74, 6) is 5.44. The smallest absolute Gasteiger partial charge is 0.359 e. The van der Waals surface area contributed by atoms with Crippen molar-refractivity contribution in [1.82, 2.24) is 14.7 Å². The van der Waals surface area contributed by atoms with E-state index < -0.39 is 11.8 Å². The Hall–Kier alpha value is -2.66. The number of esters is 1. The summed E-state index contributed by atoms with van der Waals surface area (Å²) in [5, 5.41) is 25.3. The Morgan fingerprint density at radius 3 is 2.97 bits per heavy atom. The second-order valence-corrected chi connectivity index (χ2v) is 7.59. The fourth-order valence-electron chi connectivity index (χ4n) is 4.00. The first-order valence-corrected chi connectivity index (χ1v) is 9.95. The van der Waals surface area contributed by atoms with Gasteiger partial charge in [0.2, 0.25) is 0 Å². The van der Waals surface area contributed by atoms with Crippen molar-refractivity contribution in [3.63, 3.8) is 0 Å². The summed E-state index contributed by atoms with van der Waals surface area (Å²) in [6.45, 7) is 2.68.